The van der Waals surface area contributed by atoms with Crippen LogP contribution in [0.15, 0.2) is 40.6 Å². The molecule has 0 aliphatic rings. The normalized spacial score (nSPS) is 12.3. The van der Waals surface area contributed by atoms with Crippen molar-refractivity contribution < 1.29 is 4.39 Å². The summed E-state index contributed by atoms with van der Waals surface area (Å²) in [5.74, 6) is 1.11. The van der Waals surface area contributed by atoms with Gasteiger partial charge in [0.1, 0.15) is 11.6 Å². The summed E-state index contributed by atoms with van der Waals surface area (Å²) in [6.07, 6.45) is 1.03. The summed E-state index contributed by atoms with van der Waals surface area (Å²) >= 11 is 3.19. The quantitative estimate of drug-likeness (QED) is 0.409. The Morgan fingerprint density at radius 3 is 2.37 bits per heavy atom. The molecule has 3 rings (SSSR count). The van der Waals surface area contributed by atoms with Gasteiger partial charge in [-0.25, -0.2) is 14.4 Å². The average Bonchev–Trinajstić information content (AvgIpc) is 3.02. The molecule has 8 heteroatoms. The maximum absolute atomic E-state index is 13.4. The van der Waals surface area contributed by atoms with Crippen LogP contribution in [-0.4, -0.2) is 30.0 Å². The van der Waals surface area contributed by atoms with Gasteiger partial charge in [0, 0.05) is 22.3 Å². The van der Waals surface area contributed by atoms with Gasteiger partial charge in [0.15, 0.2) is 10.3 Å². The minimum atomic E-state index is -0.262. The lowest BCUT2D eigenvalue weighted by molar-refractivity contribution is 0.627. The number of benzene rings is 1. The molecular formula is C19H22FN5S2. The number of nitrogens with zero attached hydrogens (tertiary/aromatic N) is 5. The van der Waals surface area contributed by atoms with Crippen LogP contribution in [0.5, 0.6) is 0 Å². The summed E-state index contributed by atoms with van der Waals surface area (Å²) in [6.45, 7) is 8.22. The van der Waals surface area contributed by atoms with Gasteiger partial charge < -0.3 is 0 Å². The third kappa shape index (κ3) is 5.07. The van der Waals surface area contributed by atoms with Gasteiger partial charge in [-0.05, 0) is 50.6 Å². The van der Waals surface area contributed by atoms with Gasteiger partial charge in [-0.3, -0.25) is 4.57 Å². The molecule has 5 nitrogen and oxygen atoms in total. The molecule has 0 N–H and O–H groups in total. The Hall–Kier alpha value is -1.93. The molecule has 0 aliphatic carbocycles. The molecule has 2 heterocycles. The Morgan fingerprint density at radius 2 is 1.74 bits per heavy atom. The molecule has 3 aromatic rings. The van der Waals surface area contributed by atoms with Gasteiger partial charge in [-0.1, -0.05) is 37.4 Å². The Balaban J connectivity index is 1.90. The fourth-order valence-corrected chi connectivity index (χ4v) is 4.26. The van der Waals surface area contributed by atoms with E-state index in [-0.39, 0.29) is 5.82 Å². The number of aromatic nitrogens is 5. The largest absolute Gasteiger partial charge is 0.273 e. The number of rotatable bonds is 7. The van der Waals surface area contributed by atoms with Gasteiger partial charge in [0.25, 0.3) is 0 Å². The van der Waals surface area contributed by atoms with Crippen molar-refractivity contribution in [2.45, 2.75) is 55.4 Å². The van der Waals surface area contributed by atoms with Crippen LogP contribution in [0.25, 0.3) is 5.69 Å². The molecule has 1 aromatic carbocycles. The Bertz CT molecular complexity index is 891. The Morgan fingerprint density at radius 1 is 1.07 bits per heavy atom. The Labute approximate surface area is 167 Å². The molecule has 0 saturated heterocycles. The molecule has 0 amide bonds. The standard InChI is InChI=1S/C19H22FN5S2/c1-5-14(4)27-19-24-23-17(25(19)16-8-6-15(20)7-9-16)11-26-18-21-12(2)10-13(3)22-18/h6-10,14H,5,11H2,1-4H3. The molecule has 2 aromatic heterocycles. The van der Waals surface area contributed by atoms with Crippen LogP contribution in [0.3, 0.4) is 0 Å². The topological polar surface area (TPSA) is 56.5 Å². The van der Waals surface area contributed by atoms with Crippen molar-refractivity contribution >= 4 is 23.5 Å². The van der Waals surface area contributed by atoms with E-state index in [4.69, 9.17) is 0 Å². The predicted octanol–water partition coefficient (Wildman–Crippen LogP) is 5.00. The summed E-state index contributed by atoms with van der Waals surface area (Å²) in [6, 6.07) is 8.36. The SMILES string of the molecule is CCC(C)Sc1nnc(CSc2nc(C)cc(C)n2)n1-c1ccc(F)cc1. The van der Waals surface area contributed by atoms with Crippen LogP contribution in [0, 0.1) is 19.7 Å². The lowest BCUT2D eigenvalue weighted by atomic mass is 10.3. The van der Waals surface area contributed by atoms with Crippen LogP contribution in [0.2, 0.25) is 0 Å². The first-order valence-electron chi connectivity index (χ1n) is 8.78. The zero-order valence-electron chi connectivity index (χ0n) is 15.8. The lowest BCUT2D eigenvalue weighted by Crippen LogP contribution is -2.04. The van der Waals surface area contributed by atoms with Gasteiger partial charge >= 0.3 is 0 Å². The highest BCUT2D eigenvalue weighted by Crippen LogP contribution is 2.29. The fourth-order valence-electron chi connectivity index (χ4n) is 2.47. The molecule has 0 radical (unpaired) electrons. The molecule has 142 valence electrons. The summed E-state index contributed by atoms with van der Waals surface area (Å²) in [5, 5.41) is 10.7. The summed E-state index contributed by atoms with van der Waals surface area (Å²) in [5.41, 5.74) is 2.74. The van der Waals surface area contributed by atoms with E-state index in [2.05, 4.69) is 34.0 Å². The van der Waals surface area contributed by atoms with E-state index in [9.17, 15) is 4.39 Å². The van der Waals surface area contributed by atoms with E-state index in [0.717, 1.165) is 39.6 Å². The molecule has 1 atom stereocenters. The van der Waals surface area contributed by atoms with E-state index in [1.807, 2.05) is 24.5 Å². The van der Waals surface area contributed by atoms with Crippen LogP contribution in [0.4, 0.5) is 4.39 Å². The van der Waals surface area contributed by atoms with Crippen molar-refractivity contribution in [1.82, 2.24) is 24.7 Å². The second-order valence-corrected chi connectivity index (χ2v) is 8.62. The van der Waals surface area contributed by atoms with Gasteiger partial charge in [0.05, 0.1) is 5.75 Å². The molecule has 0 saturated carbocycles. The van der Waals surface area contributed by atoms with Crippen LogP contribution < -0.4 is 0 Å². The summed E-state index contributed by atoms with van der Waals surface area (Å²) < 4.78 is 15.4. The van der Waals surface area contributed by atoms with Crippen LogP contribution in [-0.2, 0) is 5.75 Å². The van der Waals surface area contributed by atoms with E-state index >= 15 is 0 Å². The van der Waals surface area contributed by atoms with Crippen LogP contribution in [0.1, 0.15) is 37.5 Å². The highest BCUT2D eigenvalue weighted by molar-refractivity contribution is 7.99. The summed E-state index contributed by atoms with van der Waals surface area (Å²) in [4.78, 5) is 8.94. The van der Waals surface area contributed by atoms with Crippen molar-refractivity contribution in [2.24, 2.45) is 0 Å². The van der Waals surface area contributed by atoms with E-state index in [1.165, 1.54) is 23.9 Å². The van der Waals surface area contributed by atoms with Gasteiger partial charge in [0.2, 0.25) is 0 Å². The monoisotopic (exact) mass is 403 g/mol. The second-order valence-electron chi connectivity index (χ2n) is 6.27. The average molecular weight is 404 g/mol. The first-order chi connectivity index (χ1) is 13.0. The maximum atomic E-state index is 13.4. The van der Waals surface area contributed by atoms with Crippen molar-refractivity contribution in [1.29, 1.82) is 0 Å². The Kier molecular flexibility index (Phi) is 6.49. The molecular weight excluding hydrogens is 381 g/mol. The molecule has 0 bridgehead atoms. The number of hydrogen-bond acceptors (Lipinski definition) is 6. The van der Waals surface area contributed by atoms with E-state index in [0.29, 0.717) is 11.0 Å². The molecule has 0 spiro atoms. The van der Waals surface area contributed by atoms with Crippen molar-refractivity contribution in [3.05, 3.63) is 53.4 Å². The molecule has 27 heavy (non-hydrogen) atoms. The number of thioether (sulfide) groups is 2. The smallest absolute Gasteiger partial charge is 0.196 e. The van der Waals surface area contributed by atoms with E-state index < -0.39 is 0 Å². The number of aryl methyl sites for hydroxylation is 2. The lowest BCUT2D eigenvalue weighted by Gasteiger charge is -2.12. The minimum absolute atomic E-state index is 0.262. The number of halogens is 1. The van der Waals surface area contributed by atoms with Crippen LogP contribution >= 0.6 is 23.5 Å². The van der Waals surface area contributed by atoms with Crippen molar-refractivity contribution in [3.63, 3.8) is 0 Å². The first-order valence-corrected chi connectivity index (χ1v) is 10.6. The zero-order chi connectivity index (χ0) is 19.4. The van der Waals surface area contributed by atoms with Gasteiger partial charge in [-0.15, -0.1) is 10.2 Å². The minimum Gasteiger partial charge on any atom is -0.273 e. The molecule has 0 aliphatic heterocycles. The fraction of sp³-hybridized carbons (Fsp3) is 0.368. The van der Waals surface area contributed by atoms with Crippen molar-refractivity contribution in [2.75, 3.05) is 0 Å². The third-order valence-electron chi connectivity index (χ3n) is 3.96. The first kappa shape index (κ1) is 19.8. The zero-order valence-corrected chi connectivity index (χ0v) is 17.4. The second kappa shape index (κ2) is 8.84. The third-order valence-corrected chi connectivity index (χ3v) is 6.01. The molecule has 1 unspecified atom stereocenters. The van der Waals surface area contributed by atoms with Gasteiger partial charge in [-0.2, -0.15) is 0 Å². The number of hydrogen-bond donors (Lipinski definition) is 0. The predicted molar refractivity (Wildman–Crippen MR) is 108 cm³/mol. The van der Waals surface area contributed by atoms with Crippen molar-refractivity contribution in [3.8, 4) is 5.69 Å². The van der Waals surface area contributed by atoms with E-state index in [1.54, 1.807) is 23.9 Å². The maximum Gasteiger partial charge on any atom is 0.196 e. The highest BCUT2D eigenvalue weighted by atomic mass is 32.2. The highest BCUT2D eigenvalue weighted by Gasteiger charge is 2.17. The molecule has 0 fully saturated rings. The summed E-state index contributed by atoms with van der Waals surface area (Å²) in [7, 11) is 0.